The molecule has 154 valence electrons. The fraction of sp³-hybridized carbons (Fsp3) is 0.350. The van der Waals surface area contributed by atoms with Gasteiger partial charge in [-0.2, -0.15) is 0 Å². The second kappa shape index (κ2) is 11.9. The minimum Gasteiger partial charge on any atom is -0.492 e. The molecule has 0 radical (unpaired) electrons. The molecule has 0 amide bonds. The summed E-state index contributed by atoms with van der Waals surface area (Å²) in [5.41, 5.74) is 2.58. The summed E-state index contributed by atoms with van der Waals surface area (Å²) in [4.78, 5) is 4.50. The van der Waals surface area contributed by atoms with Crippen LogP contribution in [0.15, 0.2) is 58.4 Å². The zero-order valence-corrected chi connectivity index (χ0v) is 19.6. The van der Waals surface area contributed by atoms with E-state index in [1.807, 2.05) is 6.07 Å². The van der Waals surface area contributed by atoms with Crippen molar-refractivity contribution in [3.8, 4) is 5.75 Å². The zero-order chi connectivity index (χ0) is 19.7. The summed E-state index contributed by atoms with van der Waals surface area (Å²) >= 11 is 0. The van der Waals surface area contributed by atoms with Gasteiger partial charge < -0.3 is 15.4 Å². The Morgan fingerprint density at radius 3 is 2.25 bits per heavy atom. The minimum atomic E-state index is -3.19. The highest BCUT2D eigenvalue weighted by atomic mass is 127. The Hall–Kier alpha value is -1.81. The van der Waals surface area contributed by atoms with Gasteiger partial charge in [-0.1, -0.05) is 31.2 Å². The summed E-state index contributed by atoms with van der Waals surface area (Å²) in [6, 6.07) is 14.7. The molecular weight excluding hydrogens is 489 g/mol. The molecule has 0 saturated heterocycles. The van der Waals surface area contributed by atoms with Crippen molar-refractivity contribution in [3.63, 3.8) is 0 Å². The van der Waals surface area contributed by atoms with Crippen molar-refractivity contribution in [1.82, 2.24) is 10.6 Å². The summed E-state index contributed by atoms with van der Waals surface area (Å²) in [7, 11) is -1.46. The standard InChI is InChI=1S/C20H27N3O3S.HI/c1-4-16-7-5-6-8-17(16)15-23-20(21-2)22-13-14-26-18-9-11-19(12-10-18)27(3,24)25;/h5-12H,4,13-15H2,1-3H3,(H2,21,22,23);1H. The van der Waals surface area contributed by atoms with E-state index < -0.39 is 9.84 Å². The second-order valence-electron chi connectivity index (χ2n) is 6.07. The van der Waals surface area contributed by atoms with Crippen LogP contribution in [0.3, 0.4) is 0 Å². The molecule has 0 heterocycles. The Bertz CT molecular complexity index is 869. The highest BCUT2D eigenvalue weighted by molar-refractivity contribution is 14.0. The van der Waals surface area contributed by atoms with E-state index in [1.54, 1.807) is 31.3 Å². The van der Waals surface area contributed by atoms with Crippen molar-refractivity contribution in [2.24, 2.45) is 4.99 Å². The molecule has 0 unspecified atom stereocenters. The number of nitrogens with zero attached hydrogens (tertiary/aromatic N) is 1. The van der Waals surface area contributed by atoms with E-state index >= 15 is 0 Å². The van der Waals surface area contributed by atoms with Crippen molar-refractivity contribution in [1.29, 1.82) is 0 Å². The van der Waals surface area contributed by atoms with Gasteiger partial charge in [-0.25, -0.2) is 8.42 Å². The highest BCUT2D eigenvalue weighted by Crippen LogP contribution is 2.15. The number of hydrogen-bond acceptors (Lipinski definition) is 4. The molecule has 28 heavy (non-hydrogen) atoms. The van der Waals surface area contributed by atoms with E-state index in [0.29, 0.717) is 31.4 Å². The fourth-order valence-electron chi connectivity index (χ4n) is 2.60. The predicted octanol–water partition coefficient (Wildman–Crippen LogP) is 3.01. The molecule has 0 bridgehead atoms. The third-order valence-corrected chi connectivity index (χ3v) is 5.21. The van der Waals surface area contributed by atoms with Gasteiger partial charge in [-0.05, 0) is 41.8 Å². The Labute approximate surface area is 184 Å². The second-order valence-corrected chi connectivity index (χ2v) is 8.08. The Kier molecular flexibility index (Phi) is 10.3. The summed E-state index contributed by atoms with van der Waals surface area (Å²) in [5.74, 6) is 1.33. The van der Waals surface area contributed by atoms with Crippen LogP contribution in [0.1, 0.15) is 18.1 Å². The van der Waals surface area contributed by atoms with Gasteiger partial charge in [0.1, 0.15) is 12.4 Å². The molecule has 2 aromatic carbocycles. The number of aliphatic imine (C=N–C) groups is 1. The Balaban J connectivity index is 0.00000392. The van der Waals surface area contributed by atoms with Crippen LogP contribution in [0, 0.1) is 0 Å². The predicted molar refractivity (Wildman–Crippen MR) is 124 cm³/mol. The van der Waals surface area contributed by atoms with Crippen LogP contribution in [0.2, 0.25) is 0 Å². The number of guanidine groups is 1. The highest BCUT2D eigenvalue weighted by Gasteiger charge is 2.06. The van der Waals surface area contributed by atoms with Crippen LogP contribution in [-0.2, 0) is 22.8 Å². The average Bonchev–Trinajstić information content (AvgIpc) is 2.67. The van der Waals surface area contributed by atoms with E-state index in [1.165, 1.54) is 17.4 Å². The number of aryl methyl sites for hydroxylation is 1. The normalized spacial score (nSPS) is 11.5. The quantitative estimate of drug-likeness (QED) is 0.244. The lowest BCUT2D eigenvalue weighted by Crippen LogP contribution is -2.39. The number of sulfone groups is 1. The van der Waals surface area contributed by atoms with Gasteiger partial charge >= 0.3 is 0 Å². The summed E-state index contributed by atoms with van der Waals surface area (Å²) in [5, 5.41) is 6.50. The van der Waals surface area contributed by atoms with Gasteiger partial charge in [0.2, 0.25) is 0 Å². The van der Waals surface area contributed by atoms with E-state index in [-0.39, 0.29) is 28.9 Å². The van der Waals surface area contributed by atoms with Gasteiger partial charge in [0.25, 0.3) is 0 Å². The smallest absolute Gasteiger partial charge is 0.191 e. The first-order valence-corrected chi connectivity index (χ1v) is 10.8. The SMILES string of the molecule is CCc1ccccc1CNC(=NC)NCCOc1ccc(S(C)(=O)=O)cc1.I. The number of hydrogen-bond donors (Lipinski definition) is 2. The number of rotatable bonds is 8. The summed E-state index contributed by atoms with van der Waals surface area (Å²) in [6.07, 6.45) is 2.18. The topological polar surface area (TPSA) is 79.8 Å². The van der Waals surface area contributed by atoms with E-state index in [9.17, 15) is 8.42 Å². The van der Waals surface area contributed by atoms with Crippen molar-refractivity contribution in [3.05, 3.63) is 59.7 Å². The molecule has 8 heteroatoms. The molecule has 2 aromatic rings. The molecule has 6 nitrogen and oxygen atoms in total. The van der Waals surface area contributed by atoms with Gasteiger partial charge in [0.15, 0.2) is 15.8 Å². The van der Waals surface area contributed by atoms with Crippen LogP contribution < -0.4 is 15.4 Å². The average molecular weight is 517 g/mol. The van der Waals surface area contributed by atoms with Gasteiger partial charge in [0, 0.05) is 19.8 Å². The van der Waals surface area contributed by atoms with E-state index in [0.717, 1.165) is 6.42 Å². The Morgan fingerprint density at radius 2 is 1.68 bits per heavy atom. The molecule has 0 aliphatic carbocycles. The molecule has 2 rings (SSSR count). The molecule has 0 aliphatic heterocycles. The first-order valence-electron chi connectivity index (χ1n) is 8.88. The maximum absolute atomic E-state index is 11.4. The number of ether oxygens (including phenoxy) is 1. The van der Waals surface area contributed by atoms with E-state index in [2.05, 4.69) is 40.7 Å². The first kappa shape index (κ1) is 24.2. The summed E-state index contributed by atoms with van der Waals surface area (Å²) < 4.78 is 28.5. The maximum atomic E-state index is 11.4. The van der Waals surface area contributed by atoms with Gasteiger partial charge in [-0.3, -0.25) is 4.99 Å². The first-order chi connectivity index (χ1) is 12.9. The number of benzene rings is 2. The van der Waals surface area contributed by atoms with Crippen molar-refractivity contribution < 1.29 is 13.2 Å². The molecule has 0 aromatic heterocycles. The lowest BCUT2D eigenvalue weighted by Gasteiger charge is -2.14. The number of nitrogens with one attached hydrogen (secondary N) is 2. The molecule has 0 aliphatic rings. The van der Waals surface area contributed by atoms with E-state index in [4.69, 9.17) is 4.74 Å². The van der Waals surface area contributed by atoms with Gasteiger partial charge in [0.05, 0.1) is 11.4 Å². The molecule has 0 fully saturated rings. The number of halogens is 1. The molecule has 2 N–H and O–H groups in total. The molecule has 0 spiro atoms. The lowest BCUT2D eigenvalue weighted by molar-refractivity contribution is 0.321. The fourth-order valence-corrected chi connectivity index (χ4v) is 3.23. The molecular formula is C20H28IN3O3S. The van der Waals surface area contributed by atoms with Crippen LogP contribution in [0.25, 0.3) is 0 Å². The molecule has 0 atom stereocenters. The van der Waals surface area contributed by atoms with Crippen LogP contribution in [0.4, 0.5) is 0 Å². The van der Waals surface area contributed by atoms with Crippen molar-refractivity contribution in [2.45, 2.75) is 24.8 Å². The summed E-state index contributed by atoms with van der Waals surface area (Å²) in [6.45, 7) is 3.86. The third-order valence-electron chi connectivity index (χ3n) is 4.08. The Morgan fingerprint density at radius 1 is 1.04 bits per heavy atom. The minimum absolute atomic E-state index is 0. The maximum Gasteiger partial charge on any atom is 0.191 e. The van der Waals surface area contributed by atoms with Crippen LogP contribution in [0.5, 0.6) is 5.75 Å². The van der Waals surface area contributed by atoms with Crippen molar-refractivity contribution >= 4 is 39.8 Å². The lowest BCUT2D eigenvalue weighted by atomic mass is 10.1. The van der Waals surface area contributed by atoms with Crippen LogP contribution >= 0.6 is 24.0 Å². The largest absolute Gasteiger partial charge is 0.492 e. The van der Waals surface area contributed by atoms with Crippen LogP contribution in [-0.4, -0.2) is 40.8 Å². The van der Waals surface area contributed by atoms with Gasteiger partial charge in [-0.15, -0.1) is 24.0 Å². The van der Waals surface area contributed by atoms with Crippen molar-refractivity contribution in [2.75, 3.05) is 26.5 Å². The zero-order valence-electron chi connectivity index (χ0n) is 16.4. The molecule has 0 saturated carbocycles. The monoisotopic (exact) mass is 517 g/mol. The third kappa shape index (κ3) is 7.67.